The fraction of sp³-hybridized carbons (Fsp3) is 0.200. The molecule has 2 aliphatic carbocycles. The van der Waals surface area contributed by atoms with Gasteiger partial charge in [-0.15, -0.1) is 0 Å². The second kappa shape index (κ2) is 3.54. The Morgan fingerprint density at radius 1 is 1.00 bits per heavy atom. The summed E-state index contributed by atoms with van der Waals surface area (Å²) in [6, 6.07) is 10.7. The van der Waals surface area contributed by atoms with E-state index in [1.165, 1.54) is 29.6 Å². The van der Waals surface area contributed by atoms with Gasteiger partial charge in [-0.3, -0.25) is 0 Å². The van der Waals surface area contributed by atoms with Crippen molar-refractivity contribution in [3.05, 3.63) is 71.3 Å². The third kappa shape index (κ3) is 1.46. The van der Waals surface area contributed by atoms with Gasteiger partial charge in [-0.05, 0) is 29.6 Å². The zero-order chi connectivity index (χ0) is 10.1. The van der Waals surface area contributed by atoms with Gasteiger partial charge in [0.05, 0.1) is 0 Å². The summed E-state index contributed by atoms with van der Waals surface area (Å²) in [5.74, 6) is 0.498. The highest BCUT2D eigenvalue weighted by molar-refractivity contribution is 5.52. The molecule has 0 amide bonds. The molecule has 1 unspecified atom stereocenters. The molecule has 74 valence electrons. The summed E-state index contributed by atoms with van der Waals surface area (Å²) >= 11 is 0. The lowest BCUT2D eigenvalue weighted by Crippen LogP contribution is -1.98. The monoisotopic (exact) mass is 194 g/mol. The molecule has 0 aromatic heterocycles. The minimum atomic E-state index is 0.498. The van der Waals surface area contributed by atoms with Gasteiger partial charge >= 0.3 is 0 Å². The second-order valence-electron chi connectivity index (χ2n) is 4.17. The Kier molecular flexibility index (Phi) is 2.06. The third-order valence-corrected chi connectivity index (χ3v) is 3.23. The maximum absolute atomic E-state index is 2.33. The number of benzene rings is 1. The summed E-state index contributed by atoms with van der Waals surface area (Å²) in [4.78, 5) is 0. The molecule has 0 heterocycles. The number of hydrogen-bond donors (Lipinski definition) is 0. The van der Waals surface area contributed by atoms with E-state index in [2.05, 4.69) is 54.6 Å². The normalized spacial score (nSPS) is 23.3. The van der Waals surface area contributed by atoms with E-state index in [1.54, 1.807) is 0 Å². The SMILES string of the molecule is C1=CC2=C(C=CC2c2ccccc2)CC1. The molecule has 0 spiro atoms. The van der Waals surface area contributed by atoms with Crippen molar-refractivity contribution in [3.63, 3.8) is 0 Å². The number of rotatable bonds is 1. The van der Waals surface area contributed by atoms with Crippen LogP contribution in [0.4, 0.5) is 0 Å². The first-order valence-electron chi connectivity index (χ1n) is 5.58. The average molecular weight is 194 g/mol. The number of allylic oxidation sites excluding steroid dienone is 6. The largest absolute Gasteiger partial charge is 0.0839 e. The first-order chi connectivity index (χ1) is 7.45. The summed E-state index contributed by atoms with van der Waals surface area (Å²) in [5.41, 5.74) is 4.45. The van der Waals surface area contributed by atoms with E-state index in [0.29, 0.717) is 5.92 Å². The second-order valence-corrected chi connectivity index (χ2v) is 4.17. The van der Waals surface area contributed by atoms with E-state index >= 15 is 0 Å². The van der Waals surface area contributed by atoms with Crippen molar-refractivity contribution in [1.82, 2.24) is 0 Å². The van der Waals surface area contributed by atoms with E-state index in [-0.39, 0.29) is 0 Å². The van der Waals surface area contributed by atoms with Crippen LogP contribution in [0.2, 0.25) is 0 Å². The molecule has 1 aromatic carbocycles. The van der Waals surface area contributed by atoms with Crippen LogP contribution in [0.25, 0.3) is 0 Å². The minimum Gasteiger partial charge on any atom is -0.0839 e. The van der Waals surface area contributed by atoms with Crippen LogP contribution < -0.4 is 0 Å². The Bertz CT molecular complexity index is 446. The Morgan fingerprint density at radius 3 is 2.73 bits per heavy atom. The molecule has 0 fully saturated rings. The van der Waals surface area contributed by atoms with E-state index < -0.39 is 0 Å². The maximum Gasteiger partial charge on any atom is 0.0275 e. The first-order valence-corrected chi connectivity index (χ1v) is 5.58. The highest BCUT2D eigenvalue weighted by Gasteiger charge is 2.20. The van der Waals surface area contributed by atoms with Gasteiger partial charge in [0.25, 0.3) is 0 Å². The fourth-order valence-corrected chi connectivity index (χ4v) is 2.45. The molecule has 0 aliphatic heterocycles. The molecule has 0 heteroatoms. The zero-order valence-corrected chi connectivity index (χ0v) is 8.69. The lowest BCUT2D eigenvalue weighted by molar-refractivity contribution is 0.941. The smallest absolute Gasteiger partial charge is 0.0275 e. The van der Waals surface area contributed by atoms with Gasteiger partial charge in [0.1, 0.15) is 0 Å². The average Bonchev–Trinajstić information content (AvgIpc) is 2.74. The standard InChI is InChI=1S/C15H14/c1-2-6-12(7-3-1)15-11-10-13-8-4-5-9-14(13)15/h1-3,5-7,9-11,15H,4,8H2. The topological polar surface area (TPSA) is 0 Å². The van der Waals surface area contributed by atoms with Gasteiger partial charge in [-0.1, -0.05) is 54.6 Å². The van der Waals surface area contributed by atoms with Gasteiger partial charge in [0.2, 0.25) is 0 Å². The highest BCUT2D eigenvalue weighted by Crippen LogP contribution is 2.38. The van der Waals surface area contributed by atoms with Crippen LogP contribution in [-0.4, -0.2) is 0 Å². The summed E-state index contributed by atoms with van der Waals surface area (Å²) in [6.07, 6.45) is 11.6. The molecular weight excluding hydrogens is 180 g/mol. The molecule has 0 bridgehead atoms. The predicted molar refractivity (Wildman–Crippen MR) is 63.7 cm³/mol. The molecule has 1 aromatic rings. The molecule has 1 atom stereocenters. The summed E-state index contributed by atoms with van der Waals surface area (Å²) < 4.78 is 0. The van der Waals surface area contributed by atoms with Crippen molar-refractivity contribution in [1.29, 1.82) is 0 Å². The van der Waals surface area contributed by atoms with Crippen LogP contribution in [0.5, 0.6) is 0 Å². The fourth-order valence-electron chi connectivity index (χ4n) is 2.45. The molecular formula is C15H14. The van der Waals surface area contributed by atoms with Crippen molar-refractivity contribution in [2.75, 3.05) is 0 Å². The zero-order valence-electron chi connectivity index (χ0n) is 8.69. The van der Waals surface area contributed by atoms with E-state index in [4.69, 9.17) is 0 Å². The molecule has 2 aliphatic rings. The third-order valence-electron chi connectivity index (χ3n) is 3.23. The van der Waals surface area contributed by atoms with Crippen LogP contribution in [0, 0.1) is 0 Å². The van der Waals surface area contributed by atoms with E-state index in [0.717, 1.165) is 0 Å². The Morgan fingerprint density at radius 2 is 1.87 bits per heavy atom. The van der Waals surface area contributed by atoms with Crippen molar-refractivity contribution >= 4 is 0 Å². The first kappa shape index (κ1) is 8.72. The van der Waals surface area contributed by atoms with Gasteiger partial charge < -0.3 is 0 Å². The minimum absolute atomic E-state index is 0.498. The summed E-state index contributed by atoms with van der Waals surface area (Å²) in [5, 5.41) is 0. The molecule has 3 rings (SSSR count). The van der Waals surface area contributed by atoms with Crippen molar-refractivity contribution in [2.24, 2.45) is 0 Å². The van der Waals surface area contributed by atoms with Crippen LogP contribution in [0.15, 0.2) is 65.8 Å². The molecule has 0 saturated carbocycles. The highest BCUT2D eigenvalue weighted by atomic mass is 14.2. The van der Waals surface area contributed by atoms with E-state index in [1.807, 2.05) is 0 Å². The Labute approximate surface area is 90.6 Å². The van der Waals surface area contributed by atoms with E-state index in [9.17, 15) is 0 Å². The molecule has 15 heavy (non-hydrogen) atoms. The number of hydrogen-bond acceptors (Lipinski definition) is 0. The van der Waals surface area contributed by atoms with Crippen LogP contribution in [-0.2, 0) is 0 Å². The molecule has 0 radical (unpaired) electrons. The summed E-state index contributed by atoms with van der Waals surface area (Å²) in [7, 11) is 0. The van der Waals surface area contributed by atoms with Gasteiger partial charge in [-0.25, -0.2) is 0 Å². The summed E-state index contributed by atoms with van der Waals surface area (Å²) in [6.45, 7) is 0. The lowest BCUT2D eigenvalue weighted by Gasteiger charge is -2.15. The molecule has 0 N–H and O–H groups in total. The van der Waals surface area contributed by atoms with Crippen molar-refractivity contribution < 1.29 is 0 Å². The van der Waals surface area contributed by atoms with Crippen molar-refractivity contribution in [3.8, 4) is 0 Å². The van der Waals surface area contributed by atoms with Crippen molar-refractivity contribution in [2.45, 2.75) is 18.8 Å². The Hall–Kier alpha value is -1.56. The quantitative estimate of drug-likeness (QED) is 0.634. The van der Waals surface area contributed by atoms with Crippen LogP contribution >= 0.6 is 0 Å². The molecule has 0 nitrogen and oxygen atoms in total. The predicted octanol–water partition coefficient (Wildman–Crippen LogP) is 3.99. The van der Waals surface area contributed by atoms with Crippen LogP contribution in [0.1, 0.15) is 24.3 Å². The Balaban J connectivity index is 2.00. The van der Waals surface area contributed by atoms with Gasteiger partial charge in [0, 0.05) is 5.92 Å². The van der Waals surface area contributed by atoms with Gasteiger partial charge in [0.15, 0.2) is 0 Å². The maximum atomic E-state index is 2.33. The van der Waals surface area contributed by atoms with Gasteiger partial charge in [-0.2, -0.15) is 0 Å². The molecule has 0 saturated heterocycles. The lowest BCUT2D eigenvalue weighted by atomic mass is 9.89. The van der Waals surface area contributed by atoms with Crippen LogP contribution in [0.3, 0.4) is 0 Å².